The second-order valence-electron chi connectivity index (χ2n) is 6.44. The Hall–Kier alpha value is -0.335. The number of nitrogens with zero attached hydrogens (tertiary/aromatic N) is 1. The van der Waals surface area contributed by atoms with Crippen LogP contribution in [0.3, 0.4) is 0 Å². The zero-order valence-electron chi connectivity index (χ0n) is 12.3. The SMILES string of the molecule is CC1(C)OB(c2ncc(OC3CC3)cc2I)OC1(C)C. The standard InChI is InChI=1S/C14H19BINO3/c1-13(2)14(3,4)20-15(19-13)12-11(16)7-10(8-17-12)18-9-5-6-9/h7-9H,5-6H2,1-4H3. The molecule has 20 heavy (non-hydrogen) atoms. The molecule has 1 aliphatic heterocycles. The van der Waals surface area contributed by atoms with Crippen molar-refractivity contribution in [1.29, 1.82) is 0 Å². The van der Waals surface area contributed by atoms with Crippen LogP contribution in [0.2, 0.25) is 0 Å². The monoisotopic (exact) mass is 387 g/mol. The highest BCUT2D eigenvalue weighted by atomic mass is 127. The van der Waals surface area contributed by atoms with Gasteiger partial charge in [-0.25, -0.2) is 0 Å². The maximum Gasteiger partial charge on any atom is 0.515 e. The lowest BCUT2D eigenvalue weighted by Gasteiger charge is -2.32. The number of pyridine rings is 1. The molecule has 1 saturated heterocycles. The van der Waals surface area contributed by atoms with E-state index in [4.69, 9.17) is 14.0 Å². The molecule has 1 aromatic heterocycles. The normalized spacial score (nSPS) is 23.9. The Bertz CT molecular complexity index is 515. The first-order chi connectivity index (χ1) is 9.28. The minimum absolute atomic E-state index is 0.342. The quantitative estimate of drug-likeness (QED) is 0.591. The average molecular weight is 387 g/mol. The molecule has 0 bridgehead atoms. The van der Waals surface area contributed by atoms with Gasteiger partial charge >= 0.3 is 7.12 Å². The molecule has 0 N–H and O–H groups in total. The Morgan fingerprint density at radius 1 is 1.25 bits per heavy atom. The fourth-order valence-electron chi connectivity index (χ4n) is 2.00. The first kappa shape index (κ1) is 14.6. The van der Waals surface area contributed by atoms with Gasteiger partial charge in [0.25, 0.3) is 0 Å². The fraction of sp³-hybridized carbons (Fsp3) is 0.643. The Labute approximate surface area is 133 Å². The molecule has 1 aliphatic carbocycles. The third-order valence-electron chi connectivity index (χ3n) is 4.15. The van der Waals surface area contributed by atoms with E-state index < -0.39 is 7.12 Å². The van der Waals surface area contributed by atoms with E-state index in [1.54, 1.807) is 6.20 Å². The molecule has 2 aliphatic rings. The molecule has 3 rings (SSSR count). The van der Waals surface area contributed by atoms with Gasteiger partial charge in [0, 0.05) is 3.57 Å². The van der Waals surface area contributed by atoms with Gasteiger partial charge in [0.05, 0.1) is 29.1 Å². The lowest BCUT2D eigenvalue weighted by atomic mass is 9.84. The molecule has 4 nitrogen and oxygen atoms in total. The van der Waals surface area contributed by atoms with Crippen LogP contribution >= 0.6 is 22.6 Å². The lowest BCUT2D eigenvalue weighted by molar-refractivity contribution is 0.00578. The van der Waals surface area contributed by atoms with Crippen LogP contribution in [0.5, 0.6) is 5.75 Å². The van der Waals surface area contributed by atoms with E-state index in [0.29, 0.717) is 6.10 Å². The summed E-state index contributed by atoms with van der Waals surface area (Å²) < 4.78 is 18.8. The van der Waals surface area contributed by atoms with Gasteiger partial charge in [-0.1, -0.05) is 0 Å². The smallest absolute Gasteiger partial charge is 0.489 e. The van der Waals surface area contributed by atoms with Gasteiger partial charge in [-0.2, -0.15) is 0 Å². The van der Waals surface area contributed by atoms with Crippen molar-refractivity contribution in [3.05, 3.63) is 15.8 Å². The number of hydrogen-bond donors (Lipinski definition) is 0. The summed E-state index contributed by atoms with van der Waals surface area (Å²) in [5.41, 5.74) is 0.143. The summed E-state index contributed by atoms with van der Waals surface area (Å²) in [7, 11) is -0.415. The number of aromatic nitrogens is 1. The van der Waals surface area contributed by atoms with Crippen LogP contribution in [-0.2, 0) is 9.31 Å². The van der Waals surface area contributed by atoms with Gasteiger partial charge in [0.1, 0.15) is 5.75 Å². The van der Waals surface area contributed by atoms with Crippen LogP contribution in [0.4, 0.5) is 0 Å². The maximum atomic E-state index is 6.03. The third-order valence-corrected chi connectivity index (χ3v) is 5.01. The summed E-state index contributed by atoms with van der Waals surface area (Å²) in [5, 5.41) is 0. The van der Waals surface area contributed by atoms with Gasteiger partial charge in [0.2, 0.25) is 0 Å². The van der Waals surface area contributed by atoms with Crippen LogP contribution in [0.25, 0.3) is 0 Å². The molecular formula is C14H19BINO3. The highest BCUT2D eigenvalue weighted by Gasteiger charge is 2.52. The van der Waals surface area contributed by atoms with Crippen LogP contribution in [0.15, 0.2) is 12.3 Å². The van der Waals surface area contributed by atoms with Crippen LogP contribution < -0.4 is 10.3 Å². The Morgan fingerprint density at radius 2 is 1.85 bits per heavy atom. The van der Waals surface area contributed by atoms with Crippen molar-refractivity contribution < 1.29 is 14.0 Å². The highest BCUT2D eigenvalue weighted by molar-refractivity contribution is 14.1. The second-order valence-corrected chi connectivity index (χ2v) is 7.61. The van der Waals surface area contributed by atoms with Gasteiger partial charge in [-0.15, -0.1) is 0 Å². The molecular weight excluding hydrogens is 368 g/mol. The minimum atomic E-state index is -0.415. The Balaban J connectivity index is 1.80. The molecule has 0 aromatic carbocycles. The predicted octanol–water partition coefficient (Wildman–Crippen LogP) is 2.53. The van der Waals surface area contributed by atoms with Gasteiger partial charge in [0.15, 0.2) is 0 Å². The average Bonchev–Trinajstić information content (AvgIpc) is 3.07. The Kier molecular flexibility index (Phi) is 3.54. The first-order valence-corrected chi connectivity index (χ1v) is 8.04. The van der Waals surface area contributed by atoms with E-state index in [1.165, 1.54) is 0 Å². The molecule has 0 amide bonds. The minimum Gasteiger partial charge on any atom is -0.489 e. The summed E-state index contributed by atoms with van der Waals surface area (Å²) in [4.78, 5) is 4.49. The first-order valence-electron chi connectivity index (χ1n) is 6.96. The third kappa shape index (κ3) is 2.70. The molecule has 1 saturated carbocycles. The zero-order valence-corrected chi connectivity index (χ0v) is 14.4. The molecule has 0 atom stereocenters. The van der Waals surface area contributed by atoms with Crippen molar-refractivity contribution in [2.24, 2.45) is 0 Å². The van der Waals surface area contributed by atoms with E-state index in [9.17, 15) is 0 Å². The molecule has 6 heteroatoms. The largest absolute Gasteiger partial charge is 0.515 e. The van der Waals surface area contributed by atoms with Crippen molar-refractivity contribution in [3.63, 3.8) is 0 Å². The van der Waals surface area contributed by atoms with Crippen molar-refractivity contribution in [2.45, 2.75) is 57.8 Å². The molecule has 0 unspecified atom stereocenters. The topological polar surface area (TPSA) is 40.6 Å². The number of ether oxygens (including phenoxy) is 1. The Morgan fingerprint density at radius 3 is 2.35 bits per heavy atom. The highest BCUT2D eigenvalue weighted by Crippen LogP contribution is 2.36. The van der Waals surface area contributed by atoms with Crippen molar-refractivity contribution in [1.82, 2.24) is 4.98 Å². The number of halogens is 1. The second kappa shape index (κ2) is 4.85. The van der Waals surface area contributed by atoms with Gasteiger partial charge in [-0.05, 0) is 69.2 Å². The van der Waals surface area contributed by atoms with Crippen molar-refractivity contribution in [2.75, 3.05) is 0 Å². The van der Waals surface area contributed by atoms with Crippen LogP contribution in [0.1, 0.15) is 40.5 Å². The van der Waals surface area contributed by atoms with E-state index in [1.807, 2.05) is 33.8 Å². The van der Waals surface area contributed by atoms with E-state index in [2.05, 4.69) is 27.6 Å². The molecule has 108 valence electrons. The summed E-state index contributed by atoms with van der Waals surface area (Å²) in [6.45, 7) is 8.18. The van der Waals surface area contributed by atoms with E-state index in [0.717, 1.165) is 27.8 Å². The summed E-state index contributed by atoms with van der Waals surface area (Å²) >= 11 is 2.26. The summed E-state index contributed by atoms with van der Waals surface area (Å²) in [6.07, 6.45) is 4.45. The van der Waals surface area contributed by atoms with Gasteiger partial charge in [-0.3, -0.25) is 4.98 Å². The van der Waals surface area contributed by atoms with Gasteiger partial charge < -0.3 is 14.0 Å². The zero-order chi connectivity index (χ0) is 14.5. The molecule has 1 aromatic rings. The summed E-state index contributed by atoms with van der Waals surface area (Å²) in [5.74, 6) is 0.831. The molecule has 2 heterocycles. The van der Waals surface area contributed by atoms with Crippen LogP contribution in [-0.4, -0.2) is 29.4 Å². The maximum absolute atomic E-state index is 6.03. The number of rotatable bonds is 3. The predicted molar refractivity (Wildman–Crippen MR) is 86.3 cm³/mol. The van der Waals surface area contributed by atoms with E-state index >= 15 is 0 Å². The lowest BCUT2D eigenvalue weighted by Crippen LogP contribution is -2.41. The molecule has 0 radical (unpaired) electrons. The molecule has 0 spiro atoms. The number of hydrogen-bond acceptors (Lipinski definition) is 4. The van der Waals surface area contributed by atoms with Crippen molar-refractivity contribution >= 4 is 35.3 Å². The molecule has 2 fully saturated rings. The fourth-order valence-corrected chi connectivity index (χ4v) is 2.70. The van der Waals surface area contributed by atoms with E-state index in [-0.39, 0.29) is 11.2 Å². The summed E-state index contributed by atoms with van der Waals surface area (Å²) in [6, 6.07) is 2.01. The van der Waals surface area contributed by atoms with Crippen LogP contribution in [0, 0.1) is 3.57 Å². The van der Waals surface area contributed by atoms with Crippen molar-refractivity contribution in [3.8, 4) is 5.75 Å².